The monoisotopic (exact) mass is 364 g/mol. The molecule has 0 saturated carbocycles. The zero-order chi connectivity index (χ0) is 18.1. The van der Waals surface area contributed by atoms with Gasteiger partial charge < -0.3 is 0 Å². The largest absolute Gasteiger partial charge is 0.264 e. The quantitative estimate of drug-likeness (QED) is 0.700. The molecule has 1 aliphatic heterocycles. The van der Waals surface area contributed by atoms with Gasteiger partial charge in [0.2, 0.25) is 0 Å². The normalized spacial score (nSPS) is 14.1. The molecule has 2 aromatic carbocycles. The summed E-state index contributed by atoms with van der Waals surface area (Å²) < 4.78 is 27.7. The van der Waals surface area contributed by atoms with Crippen LogP contribution in [-0.2, 0) is 16.4 Å². The molecule has 0 unspecified atom stereocenters. The molecule has 0 fully saturated rings. The molecule has 0 amide bonds. The van der Waals surface area contributed by atoms with E-state index in [0.717, 1.165) is 35.4 Å². The van der Waals surface area contributed by atoms with Crippen molar-refractivity contribution in [3.05, 3.63) is 78.0 Å². The lowest BCUT2D eigenvalue weighted by molar-refractivity contribution is 0.585. The third-order valence-corrected chi connectivity index (χ3v) is 6.50. The number of hydrogen-bond donors (Lipinski definition) is 0. The van der Waals surface area contributed by atoms with E-state index < -0.39 is 10.0 Å². The molecule has 4 rings (SSSR count). The molecule has 0 aliphatic carbocycles. The lowest BCUT2D eigenvalue weighted by Crippen LogP contribution is -2.35. The molecule has 4 nitrogen and oxygen atoms in total. The summed E-state index contributed by atoms with van der Waals surface area (Å²) in [4.78, 5) is 5.07. The second-order valence-electron chi connectivity index (χ2n) is 6.52. The van der Waals surface area contributed by atoms with Gasteiger partial charge in [0.15, 0.2) is 0 Å². The molecule has 2 heterocycles. The summed E-state index contributed by atoms with van der Waals surface area (Å²) in [5.74, 6) is 0. The Morgan fingerprint density at radius 1 is 0.923 bits per heavy atom. The third-order valence-electron chi connectivity index (χ3n) is 4.67. The summed E-state index contributed by atoms with van der Waals surface area (Å²) >= 11 is 0. The van der Waals surface area contributed by atoms with E-state index in [9.17, 15) is 8.42 Å². The van der Waals surface area contributed by atoms with Gasteiger partial charge >= 0.3 is 0 Å². The van der Waals surface area contributed by atoms with Crippen LogP contribution in [0.25, 0.3) is 11.3 Å². The number of rotatable bonds is 3. The number of aromatic nitrogens is 1. The van der Waals surface area contributed by atoms with Gasteiger partial charge in [-0.2, -0.15) is 0 Å². The number of hydrogen-bond acceptors (Lipinski definition) is 3. The minimum absolute atomic E-state index is 0.322. The fourth-order valence-corrected chi connectivity index (χ4v) is 4.80. The number of aryl methyl sites for hydroxylation is 2. The van der Waals surface area contributed by atoms with Crippen molar-refractivity contribution in [2.24, 2.45) is 0 Å². The van der Waals surface area contributed by atoms with Crippen molar-refractivity contribution in [1.29, 1.82) is 0 Å². The Morgan fingerprint density at radius 3 is 2.38 bits per heavy atom. The minimum atomic E-state index is -3.58. The highest BCUT2D eigenvalue weighted by Gasteiger charge is 2.29. The lowest BCUT2D eigenvalue weighted by Gasteiger charge is -2.30. The number of pyridine rings is 1. The van der Waals surface area contributed by atoms with Crippen molar-refractivity contribution < 1.29 is 8.42 Å². The first-order valence-corrected chi connectivity index (χ1v) is 10.1. The number of fused-ring (bicyclic) bond motifs is 1. The van der Waals surface area contributed by atoms with Crippen LogP contribution in [0.1, 0.15) is 17.7 Å². The molecule has 1 aromatic heterocycles. The summed E-state index contributed by atoms with van der Waals surface area (Å²) in [6.07, 6.45) is 1.55. The van der Waals surface area contributed by atoms with Crippen LogP contribution in [0.15, 0.2) is 71.6 Å². The maximum Gasteiger partial charge on any atom is 0.264 e. The van der Waals surface area contributed by atoms with Crippen LogP contribution < -0.4 is 4.31 Å². The van der Waals surface area contributed by atoms with E-state index in [2.05, 4.69) is 0 Å². The van der Waals surface area contributed by atoms with E-state index >= 15 is 0 Å². The van der Waals surface area contributed by atoms with Crippen LogP contribution in [-0.4, -0.2) is 19.9 Å². The second-order valence-corrected chi connectivity index (χ2v) is 8.38. The zero-order valence-electron chi connectivity index (χ0n) is 14.6. The van der Waals surface area contributed by atoms with E-state index in [1.807, 2.05) is 61.5 Å². The topological polar surface area (TPSA) is 50.3 Å². The van der Waals surface area contributed by atoms with Crippen LogP contribution in [0.2, 0.25) is 0 Å². The SMILES string of the molecule is Cc1ccc(S(=O)(=O)N2CCCc3nc(-c4ccccc4)ccc32)cc1. The van der Waals surface area contributed by atoms with Crippen molar-refractivity contribution >= 4 is 15.7 Å². The highest BCUT2D eigenvalue weighted by molar-refractivity contribution is 7.92. The first kappa shape index (κ1) is 16.8. The van der Waals surface area contributed by atoms with E-state index in [4.69, 9.17) is 4.98 Å². The predicted octanol–water partition coefficient (Wildman–Crippen LogP) is 4.20. The molecule has 5 heteroatoms. The van der Waals surface area contributed by atoms with Gasteiger partial charge in [0.25, 0.3) is 10.0 Å². The van der Waals surface area contributed by atoms with Gasteiger partial charge in [-0.05, 0) is 44.0 Å². The van der Waals surface area contributed by atoms with Crippen molar-refractivity contribution in [2.45, 2.75) is 24.7 Å². The Labute approximate surface area is 154 Å². The van der Waals surface area contributed by atoms with Gasteiger partial charge in [-0.15, -0.1) is 0 Å². The molecule has 0 saturated heterocycles. The Hall–Kier alpha value is -2.66. The van der Waals surface area contributed by atoms with E-state index in [1.54, 1.807) is 12.1 Å². The second kappa shape index (κ2) is 6.57. The lowest BCUT2D eigenvalue weighted by atomic mass is 10.1. The van der Waals surface area contributed by atoms with Crippen molar-refractivity contribution in [1.82, 2.24) is 4.98 Å². The highest BCUT2D eigenvalue weighted by atomic mass is 32.2. The van der Waals surface area contributed by atoms with E-state index in [0.29, 0.717) is 17.1 Å². The Morgan fingerprint density at radius 2 is 1.65 bits per heavy atom. The standard InChI is InChI=1S/C21H20N2O2S/c1-16-9-11-18(12-10-16)26(24,25)23-15-5-8-20-21(23)14-13-19(22-20)17-6-3-2-4-7-17/h2-4,6-7,9-14H,5,8,15H2,1H3. The highest BCUT2D eigenvalue weighted by Crippen LogP contribution is 2.33. The van der Waals surface area contributed by atoms with Gasteiger partial charge in [-0.1, -0.05) is 48.0 Å². The van der Waals surface area contributed by atoms with E-state index in [1.165, 1.54) is 4.31 Å². The molecule has 0 atom stereocenters. The number of sulfonamides is 1. The zero-order valence-corrected chi connectivity index (χ0v) is 15.4. The summed E-state index contributed by atoms with van der Waals surface area (Å²) in [5, 5.41) is 0. The first-order chi connectivity index (χ1) is 12.6. The van der Waals surface area contributed by atoms with Crippen LogP contribution in [0.3, 0.4) is 0 Å². The number of benzene rings is 2. The summed E-state index contributed by atoms with van der Waals surface area (Å²) in [6, 6.07) is 20.7. The molecule has 1 aliphatic rings. The molecule has 0 radical (unpaired) electrons. The van der Waals surface area contributed by atoms with Crippen molar-refractivity contribution in [3.8, 4) is 11.3 Å². The number of nitrogens with zero attached hydrogens (tertiary/aromatic N) is 2. The first-order valence-electron chi connectivity index (χ1n) is 8.70. The van der Waals surface area contributed by atoms with Crippen LogP contribution in [0.4, 0.5) is 5.69 Å². The summed E-state index contributed by atoms with van der Waals surface area (Å²) in [7, 11) is -3.58. The fourth-order valence-electron chi connectivity index (χ4n) is 3.27. The molecule has 0 spiro atoms. The Bertz CT molecular complexity index is 1030. The fraction of sp³-hybridized carbons (Fsp3) is 0.190. The Balaban J connectivity index is 1.75. The van der Waals surface area contributed by atoms with Gasteiger partial charge in [0.05, 0.1) is 22.0 Å². The molecule has 26 heavy (non-hydrogen) atoms. The number of anilines is 1. The molecular weight excluding hydrogens is 344 g/mol. The smallest absolute Gasteiger partial charge is 0.264 e. The van der Waals surface area contributed by atoms with E-state index in [-0.39, 0.29) is 0 Å². The molecular formula is C21H20N2O2S. The third kappa shape index (κ3) is 2.99. The van der Waals surface area contributed by atoms with Crippen molar-refractivity contribution in [3.63, 3.8) is 0 Å². The van der Waals surface area contributed by atoms with Gasteiger partial charge in [0.1, 0.15) is 0 Å². The molecule has 0 bridgehead atoms. The molecule has 132 valence electrons. The average molecular weight is 364 g/mol. The van der Waals surface area contributed by atoms with Gasteiger partial charge in [-0.3, -0.25) is 9.29 Å². The molecule has 0 N–H and O–H groups in total. The minimum Gasteiger partial charge on any atom is -0.264 e. The summed E-state index contributed by atoms with van der Waals surface area (Å²) in [6.45, 7) is 2.43. The van der Waals surface area contributed by atoms with Gasteiger partial charge in [0, 0.05) is 12.1 Å². The average Bonchev–Trinajstić information content (AvgIpc) is 2.68. The van der Waals surface area contributed by atoms with Crippen LogP contribution >= 0.6 is 0 Å². The van der Waals surface area contributed by atoms with Crippen LogP contribution in [0.5, 0.6) is 0 Å². The summed E-state index contributed by atoms with van der Waals surface area (Å²) in [5.41, 5.74) is 4.48. The van der Waals surface area contributed by atoms with Gasteiger partial charge in [-0.25, -0.2) is 8.42 Å². The maximum atomic E-state index is 13.1. The van der Waals surface area contributed by atoms with Crippen LogP contribution in [0, 0.1) is 6.92 Å². The predicted molar refractivity (Wildman–Crippen MR) is 104 cm³/mol. The van der Waals surface area contributed by atoms with Crippen molar-refractivity contribution in [2.75, 3.05) is 10.8 Å². The maximum absolute atomic E-state index is 13.1. The Kier molecular flexibility index (Phi) is 4.24. The molecule has 3 aromatic rings.